The molecule has 16 heavy (non-hydrogen) atoms. The van der Waals surface area contributed by atoms with Gasteiger partial charge in [-0.3, -0.25) is 4.79 Å². The second-order valence-corrected chi connectivity index (χ2v) is 3.89. The van der Waals surface area contributed by atoms with E-state index < -0.39 is 0 Å². The van der Waals surface area contributed by atoms with E-state index in [2.05, 4.69) is 11.1 Å². The van der Waals surface area contributed by atoms with Gasteiger partial charge >= 0.3 is 0 Å². The SMILES string of the molecule is C=CCCn1cc(C(C)=O)c2ccccc21. The first-order chi connectivity index (χ1) is 7.74. The number of aromatic nitrogens is 1. The van der Waals surface area contributed by atoms with Crippen molar-refractivity contribution in [1.82, 2.24) is 4.57 Å². The summed E-state index contributed by atoms with van der Waals surface area (Å²) < 4.78 is 2.12. The summed E-state index contributed by atoms with van der Waals surface area (Å²) in [4.78, 5) is 11.5. The molecule has 1 aromatic carbocycles. The van der Waals surface area contributed by atoms with Crippen LogP contribution in [0.1, 0.15) is 23.7 Å². The fourth-order valence-corrected chi connectivity index (χ4v) is 1.94. The molecule has 0 spiro atoms. The van der Waals surface area contributed by atoms with Gasteiger partial charge in [0.05, 0.1) is 0 Å². The van der Waals surface area contributed by atoms with E-state index in [1.165, 1.54) is 0 Å². The van der Waals surface area contributed by atoms with E-state index in [-0.39, 0.29) is 5.78 Å². The fourth-order valence-electron chi connectivity index (χ4n) is 1.94. The molecule has 0 radical (unpaired) electrons. The molecule has 2 rings (SSSR count). The molecule has 2 aromatic rings. The highest BCUT2D eigenvalue weighted by Crippen LogP contribution is 2.21. The van der Waals surface area contributed by atoms with Crippen molar-refractivity contribution in [2.45, 2.75) is 19.9 Å². The van der Waals surface area contributed by atoms with Gasteiger partial charge in [-0.2, -0.15) is 0 Å². The third-order valence-electron chi connectivity index (χ3n) is 2.74. The number of Topliss-reactive ketones (excluding diaryl/α,β-unsaturated/α-hetero) is 1. The lowest BCUT2D eigenvalue weighted by Gasteiger charge is -2.01. The molecule has 0 aliphatic heterocycles. The lowest BCUT2D eigenvalue weighted by atomic mass is 10.1. The number of para-hydroxylation sites is 1. The number of fused-ring (bicyclic) bond motifs is 1. The highest BCUT2D eigenvalue weighted by atomic mass is 16.1. The molecule has 0 aliphatic carbocycles. The molecule has 2 nitrogen and oxygen atoms in total. The van der Waals surface area contributed by atoms with Gasteiger partial charge in [-0.1, -0.05) is 24.3 Å². The minimum atomic E-state index is 0.119. The van der Waals surface area contributed by atoms with E-state index in [1.54, 1.807) is 6.92 Å². The molecule has 0 amide bonds. The van der Waals surface area contributed by atoms with E-state index >= 15 is 0 Å². The highest BCUT2D eigenvalue weighted by molar-refractivity contribution is 6.06. The number of hydrogen-bond acceptors (Lipinski definition) is 1. The maximum atomic E-state index is 11.5. The maximum Gasteiger partial charge on any atom is 0.161 e. The minimum absolute atomic E-state index is 0.119. The highest BCUT2D eigenvalue weighted by Gasteiger charge is 2.10. The summed E-state index contributed by atoms with van der Waals surface area (Å²) in [5.41, 5.74) is 1.93. The number of hydrogen-bond donors (Lipinski definition) is 0. The summed E-state index contributed by atoms with van der Waals surface area (Å²) in [6.07, 6.45) is 4.74. The average Bonchev–Trinajstić information content (AvgIpc) is 2.65. The number of ketones is 1. The van der Waals surface area contributed by atoms with Crippen molar-refractivity contribution in [3.05, 3.63) is 48.7 Å². The van der Waals surface area contributed by atoms with Crippen molar-refractivity contribution in [3.8, 4) is 0 Å². The monoisotopic (exact) mass is 213 g/mol. The lowest BCUT2D eigenvalue weighted by molar-refractivity contribution is 0.101. The molecule has 0 N–H and O–H groups in total. The molecule has 1 aromatic heterocycles. The summed E-state index contributed by atoms with van der Waals surface area (Å²) in [5.74, 6) is 0.119. The van der Waals surface area contributed by atoms with Crippen molar-refractivity contribution in [3.63, 3.8) is 0 Å². The van der Waals surface area contributed by atoms with Crippen molar-refractivity contribution in [1.29, 1.82) is 0 Å². The summed E-state index contributed by atoms with van der Waals surface area (Å²) in [5, 5.41) is 1.04. The Morgan fingerprint density at radius 2 is 2.19 bits per heavy atom. The molecule has 0 saturated heterocycles. The predicted octanol–water partition coefficient (Wildman–Crippen LogP) is 3.42. The van der Waals surface area contributed by atoms with Gasteiger partial charge in [0.2, 0.25) is 0 Å². The molecular formula is C14H15NO. The molecule has 0 atom stereocenters. The third-order valence-corrected chi connectivity index (χ3v) is 2.74. The van der Waals surface area contributed by atoms with Crippen LogP contribution in [-0.2, 0) is 6.54 Å². The minimum Gasteiger partial charge on any atom is -0.346 e. The molecule has 0 aliphatic rings. The third kappa shape index (κ3) is 1.78. The van der Waals surface area contributed by atoms with Crippen molar-refractivity contribution in [2.24, 2.45) is 0 Å². The van der Waals surface area contributed by atoms with Gasteiger partial charge in [0, 0.05) is 29.2 Å². The summed E-state index contributed by atoms with van der Waals surface area (Å²) >= 11 is 0. The van der Waals surface area contributed by atoms with Gasteiger partial charge in [-0.05, 0) is 19.4 Å². The van der Waals surface area contributed by atoms with Gasteiger partial charge in [0.25, 0.3) is 0 Å². The molecule has 2 heteroatoms. The predicted molar refractivity (Wildman–Crippen MR) is 66.8 cm³/mol. The summed E-state index contributed by atoms with van der Waals surface area (Å²) in [6, 6.07) is 8.00. The number of carbonyl (C=O) groups excluding carboxylic acids is 1. The second kappa shape index (κ2) is 4.35. The first-order valence-electron chi connectivity index (χ1n) is 5.43. The van der Waals surface area contributed by atoms with Gasteiger partial charge in [-0.25, -0.2) is 0 Å². The Kier molecular flexibility index (Phi) is 2.91. The molecule has 0 fully saturated rings. The molecule has 82 valence electrons. The zero-order chi connectivity index (χ0) is 11.5. The first kappa shape index (κ1) is 10.7. The quantitative estimate of drug-likeness (QED) is 0.563. The van der Waals surface area contributed by atoms with E-state index in [1.807, 2.05) is 36.5 Å². The Morgan fingerprint density at radius 1 is 1.44 bits per heavy atom. The summed E-state index contributed by atoms with van der Waals surface area (Å²) in [7, 11) is 0. The normalized spacial score (nSPS) is 10.6. The van der Waals surface area contributed by atoms with Crippen molar-refractivity contribution >= 4 is 16.7 Å². The molecular weight excluding hydrogens is 198 g/mol. The zero-order valence-corrected chi connectivity index (χ0v) is 9.44. The number of benzene rings is 1. The van der Waals surface area contributed by atoms with Gasteiger partial charge in [0.1, 0.15) is 0 Å². The fraction of sp³-hybridized carbons (Fsp3) is 0.214. The van der Waals surface area contributed by atoms with Gasteiger partial charge < -0.3 is 4.57 Å². The average molecular weight is 213 g/mol. The van der Waals surface area contributed by atoms with E-state index in [9.17, 15) is 4.79 Å². The van der Waals surface area contributed by atoms with Crippen LogP contribution >= 0.6 is 0 Å². The van der Waals surface area contributed by atoms with Crippen LogP contribution in [0.5, 0.6) is 0 Å². The van der Waals surface area contributed by atoms with Gasteiger partial charge in [0.15, 0.2) is 5.78 Å². The zero-order valence-electron chi connectivity index (χ0n) is 9.44. The maximum absolute atomic E-state index is 11.5. The Labute approximate surface area is 95.2 Å². The van der Waals surface area contributed by atoms with Crippen LogP contribution in [0.2, 0.25) is 0 Å². The first-order valence-corrected chi connectivity index (χ1v) is 5.43. The Morgan fingerprint density at radius 3 is 2.88 bits per heavy atom. The molecule has 0 bridgehead atoms. The second-order valence-electron chi connectivity index (χ2n) is 3.89. The molecule has 0 saturated carbocycles. The van der Waals surface area contributed by atoms with Crippen LogP contribution in [0, 0.1) is 0 Å². The van der Waals surface area contributed by atoms with Crippen LogP contribution in [0.25, 0.3) is 10.9 Å². The standard InChI is InChI=1S/C14H15NO/c1-3-4-9-15-10-13(11(2)16)12-7-5-6-8-14(12)15/h3,5-8,10H,1,4,9H2,2H3. The number of aryl methyl sites for hydroxylation is 1. The largest absolute Gasteiger partial charge is 0.346 e. The number of carbonyl (C=O) groups is 1. The smallest absolute Gasteiger partial charge is 0.161 e. The molecule has 1 heterocycles. The number of nitrogens with zero attached hydrogens (tertiary/aromatic N) is 1. The summed E-state index contributed by atoms with van der Waals surface area (Å²) in [6.45, 7) is 6.20. The van der Waals surface area contributed by atoms with Crippen LogP contribution in [0.15, 0.2) is 43.1 Å². The topological polar surface area (TPSA) is 22.0 Å². The lowest BCUT2D eigenvalue weighted by Crippen LogP contribution is -1.94. The number of rotatable bonds is 4. The van der Waals surface area contributed by atoms with Crippen molar-refractivity contribution < 1.29 is 4.79 Å². The van der Waals surface area contributed by atoms with E-state index in [0.717, 1.165) is 29.4 Å². The Hall–Kier alpha value is -1.83. The Balaban J connectivity index is 2.57. The Bertz CT molecular complexity index is 537. The van der Waals surface area contributed by atoms with Crippen LogP contribution in [0.3, 0.4) is 0 Å². The molecule has 0 unspecified atom stereocenters. The van der Waals surface area contributed by atoms with E-state index in [0.29, 0.717) is 0 Å². The van der Waals surface area contributed by atoms with Crippen molar-refractivity contribution in [2.75, 3.05) is 0 Å². The van der Waals surface area contributed by atoms with E-state index in [4.69, 9.17) is 0 Å². The van der Waals surface area contributed by atoms with Gasteiger partial charge in [-0.15, -0.1) is 6.58 Å². The number of allylic oxidation sites excluding steroid dienone is 1. The van der Waals surface area contributed by atoms with Crippen LogP contribution in [-0.4, -0.2) is 10.4 Å². The van der Waals surface area contributed by atoms with Crippen LogP contribution in [0.4, 0.5) is 0 Å². The van der Waals surface area contributed by atoms with Crippen LogP contribution < -0.4 is 0 Å².